The molecule has 0 saturated carbocycles. The molecule has 0 fully saturated rings. The quantitative estimate of drug-likeness (QED) is 0.727. The normalized spacial score (nSPS) is 12.9. The number of carboxylic acids is 1. The van der Waals surface area contributed by atoms with Crippen molar-refractivity contribution in [3.05, 3.63) is 70.3 Å². The van der Waals surface area contributed by atoms with Gasteiger partial charge < -0.3 is 5.11 Å². The van der Waals surface area contributed by atoms with Crippen LogP contribution in [0.25, 0.3) is 0 Å². The van der Waals surface area contributed by atoms with Gasteiger partial charge >= 0.3 is 18.3 Å². The summed E-state index contributed by atoms with van der Waals surface area (Å²) in [6.45, 7) is 2.82. The summed E-state index contributed by atoms with van der Waals surface area (Å²) in [4.78, 5) is 11.2. The fraction of sp³-hybridized carbons (Fsp3) is 0.278. The van der Waals surface area contributed by atoms with E-state index in [1.807, 2.05) is 0 Å². The van der Waals surface area contributed by atoms with E-state index < -0.39 is 40.4 Å². The summed E-state index contributed by atoms with van der Waals surface area (Å²) in [7, 11) is 0. The maximum atomic E-state index is 13.9. The third-order valence-electron chi connectivity index (χ3n) is 4.24. The zero-order chi connectivity index (χ0) is 19.9. The van der Waals surface area contributed by atoms with Gasteiger partial charge in [-0.3, -0.25) is 0 Å². The summed E-state index contributed by atoms with van der Waals surface area (Å²) in [6, 6.07) is 5.87. The summed E-state index contributed by atoms with van der Waals surface area (Å²) in [5.74, 6) is -1.61. The third-order valence-corrected chi connectivity index (χ3v) is 4.24. The molecule has 0 aromatic heterocycles. The first-order valence-corrected chi connectivity index (χ1v) is 7.37. The predicted molar refractivity (Wildman–Crippen MR) is 82.2 cm³/mol. The Hall–Kier alpha value is -2.51. The van der Waals surface area contributed by atoms with Crippen LogP contribution in [0.3, 0.4) is 0 Å². The Morgan fingerprint density at radius 2 is 1.27 bits per heavy atom. The smallest absolute Gasteiger partial charge is 0.411 e. The summed E-state index contributed by atoms with van der Waals surface area (Å²) < 4.78 is 83.5. The molecule has 0 saturated heterocycles. The van der Waals surface area contributed by atoms with E-state index in [1.54, 1.807) is 0 Å². The summed E-state index contributed by atoms with van der Waals surface area (Å²) in [5.41, 5.74) is -6.63. The first-order valence-electron chi connectivity index (χ1n) is 7.37. The largest absolute Gasteiger partial charge is 0.478 e. The molecule has 0 aliphatic carbocycles. The number of rotatable bonds is 3. The number of benzene rings is 2. The highest BCUT2D eigenvalue weighted by molar-refractivity contribution is 5.89. The topological polar surface area (TPSA) is 37.3 Å². The van der Waals surface area contributed by atoms with Crippen molar-refractivity contribution in [3.63, 3.8) is 0 Å². The molecule has 2 aromatic rings. The molecular formula is C18H14F6O2. The van der Waals surface area contributed by atoms with Crippen LogP contribution >= 0.6 is 0 Å². The molecule has 8 heteroatoms. The van der Waals surface area contributed by atoms with Gasteiger partial charge in [-0.05, 0) is 36.6 Å². The first-order chi connectivity index (χ1) is 11.8. The minimum Gasteiger partial charge on any atom is -0.478 e. The van der Waals surface area contributed by atoms with E-state index in [9.17, 15) is 31.1 Å². The van der Waals surface area contributed by atoms with Crippen molar-refractivity contribution in [2.24, 2.45) is 0 Å². The lowest BCUT2D eigenvalue weighted by atomic mass is 9.72. The molecule has 0 amide bonds. The van der Waals surface area contributed by atoms with Gasteiger partial charge in [-0.15, -0.1) is 0 Å². The number of aryl methyl sites for hydroxylation is 2. The second-order valence-corrected chi connectivity index (χ2v) is 5.95. The first kappa shape index (κ1) is 19.8. The number of carbonyl (C=O) groups is 1. The molecule has 0 aliphatic rings. The van der Waals surface area contributed by atoms with Gasteiger partial charge in [-0.1, -0.05) is 42.0 Å². The molecule has 0 atom stereocenters. The van der Waals surface area contributed by atoms with Crippen molar-refractivity contribution >= 4 is 5.97 Å². The SMILES string of the molecule is Cc1ccc(C(c2ccc(C)c(C(=O)O)c2)(C(F)(F)F)C(F)(F)F)cc1. The lowest BCUT2D eigenvalue weighted by molar-refractivity contribution is -0.288. The third kappa shape index (κ3) is 3.04. The average Bonchev–Trinajstić information content (AvgIpc) is 2.48. The van der Waals surface area contributed by atoms with Crippen LogP contribution in [-0.2, 0) is 5.41 Å². The summed E-state index contributed by atoms with van der Waals surface area (Å²) in [6.07, 6.45) is -11.5. The Bertz CT molecular complexity index is 805. The van der Waals surface area contributed by atoms with Gasteiger partial charge in [0.2, 0.25) is 5.41 Å². The van der Waals surface area contributed by atoms with E-state index in [4.69, 9.17) is 5.11 Å². The van der Waals surface area contributed by atoms with E-state index >= 15 is 0 Å². The number of halogens is 6. The minimum absolute atomic E-state index is 0.0587. The fourth-order valence-corrected chi connectivity index (χ4v) is 2.87. The Morgan fingerprint density at radius 1 is 0.808 bits per heavy atom. The van der Waals surface area contributed by atoms with Crippen molar-refractivity contribution in [1.29, 1.82) is 0 Å². The maximum absolute atomic E-state index is 13.9. The Balaban J connectivity index is 2.95. The lowest BCUT2D eigenvalue weighted by Crippen LogP contribution is -2.54. The standard InChI is InChI=1S/C18H14F6O2/c1-10-3-6-12(7-4-10)16(17(19,20)21,18(22,23)24)13-8-5-11(2)14(9-13)15(25)26/h3-9H,1-2H3,(H,25,26). The van der Waals surface area contributed by atoms with Crippen LogP contribution in [0.2, 0.25) is 0 Å². The van der Waals surface area contributed by atoms with Crippen LogP contribution in [-0.4, -0.2) is 23.4 Å². The number of hydrogen-bond acceptors (Lipinski definition) is 1. The average molecular weight is 376 g/mol. The van der Waals surface area contributed by atoms with E-state index in [-0.39, 0.29) is 5.56 Å². The molecule has 26 heavy (non-hydrogen) atoms. The monoisotopic (exact) mass is 376 g/mol. The van der Waals surface area contributed by atoms with Crippen molar-refractivity contribution in [1.82, 2.24) is 0 Å². The van der Waals surface area contributed by atoms with Crippen molar-refractivity contribution in [2.45, 2.75) is 31.6 Å². The van der Waals surface area contributed by atoms with Crippen LogP contribution in [0.15, 0.2) is 42.5 Å². The molecule has 2 aromatic carbocycles. The second kappa shape index (κ2) is 6.34. The molecule has 2 rings (SSSR count). The minimum atomic E-state index is -5.74. The molecule has 140 valence electrons. The van der Waals surface area contributed by atoms with Gasteiger partial charge in [-0.2, -0.15) is 26.3 Å². The molecule has 0 aliphatic heterocycles. The Labute approximate surface area is 145 Å². The molecule has 2 nitrogen and oxygen atoms in total. The highest BCUT2D eigenvalue weighted by atomic mass is 19.4. The number of alkyl halides is 6. The van der Waals surface area contributed by atoms with Gasteiger partial charge in [0.05, 0.1) is 5.56 Å². The molecule has 1 N–H and O–H groups in total. The van der Waals surface area contributed by atoms with Crippen LogP contribution in [0.4, 0.5) is 26.3 Å². The molecule has 0 unspecified atom stereocenters. The zero-order valence-electron chi connectivity index (χ0n) is 13.7. The fourth-order valence-electron chi connectivity index (χ4n) is 2.87. The maximum Gasteiger partial charge on any atom is 0.411 e. The van der Waals surface area contributed by atoms with E-state index in [2.05, 4.69) is 0 Å². The van der Waals surface area contributed by atoms with E-state index in [0.717, 1.165) is 30.3 Å². The van der Waals surface area contributed by atoms with Crippen LogP contribution in [0, 0.1) is 13.8 Å². The van der Waals surface area contributed by atoms with Crippen molar-refractivity contribution in [3.8, 4) is 0 Å². The zero-order valence-corrected chi connectivity index (χ0v) is 13.7. The highest BCUT2D eigenvalue weighted by Crippen LogP contribution is 2.56. The van der Waals surface area contributed by atoms with Gasteiger partial charge in [0.15, 0.2) is 0 Å². The molecule has 0 bridgehead atoms. The Kier molecular flexibility index (Phi) is 4.83. The van der Waals surface area contributed by atoms with E-state index in [0.29, 0.717) is 17.7 Å². The lowest BCUT2D eigenvalue weighted by Gasteiger charge is -2.38. The molecular weight excluding hydrogens is 362 g/mol. The van der Waals surface area contributed by atoms with Crippen molar-refractivity contribution < 1.29 is 36.2 Å². The molecule has 0 radical (unpaired) electrons. The van der Waals surface area contributed by atoms with Crippen LogP contribution in [0.5, 0.6) is 0 Å². The van der Waals surface area contributed by atoms with Gasteiger partial charge in [0.1, 0.15) is 0 Å². The Morgan fingerprint density at radius 3 is 1.69 bits per heavy atom. The van der Waals surface area contributed by atoms with Gasteiger partial charge in [0, 0.05) is 0 Å². The second-order valence-electron chi connectivity index (χ2n) is 5.95. The van der Waals surface area contributed by atoms with Gasteiger partial charge in [-0.25, -0.2) is 4.79 Å². The predicted octanol–water partition coefficient (Wildman–Crippen LogP) is 5.41. The van der Waals surface area contributed by atoms with Crippen molar-refractivity contribution in [2.75, 3.05) is 0 Å². The highest BCUT2D eigenvalue weighted by Gasteiger charge is 2.72. The van der Waals surface area contributed by atoms with Gasteiger partial charge in [0.25, 0.3) is 0 Å². The number of hydrogen-bond donors (Lipinski definition) is 1. The van der Waals surface area contributed by atoms with Crippen LogP contribution < -0.4 is 0 Å². The van der Waals surface area contributed by atoms with E-state index in [1.165, 1.54) is 13.8 Å². The van der Waals surface area contributed by atoms with Crippen LogP contribution in [0.1, 0.15) is 32.6 Å². The summed E-state index contributed by atoms with van der Waals surface area (Å²) >= 11 is 0. The number of carboxylic acid groups (broad SMARTS) is 1. The molecule has 0 heterocycles. The number of aromatic carboxylic acids is 1. The summed E-state index contributed by atoms with van der Waals surface area (Å²) in [5, 5.41) is 9.11. The molecule has 0 spiro atoms.